The summed E-state index contributed by atoms with van der Waals surface area (Å²) in [5.41, 5.74) is 10.9. The molecular weight excluding hydrogens is 414 g/mol. The van der Waals surface area contributed by atoms with Crippen LogP contribution in [0.2, 0.25) is 0 Å². The van der Waals surface area contributed by atoms with E-state index in [9.17, 15) is 29.1 Å². The second-order valence-electron chi connectivity index (χ2n) is 6.94. The van der Waals surface area contributed by atoms with E-state index in [1.807, 2.05) is 13.8 Å². The SMILES string of the molecule is CCC(C)C(N)C(=O)NCC(=O)NC(CCC(N)=O)C(=O)NC(CCSC)C(=O)O. The van der Waals surface area contributed by atoms with Gasteiger partial charge in [0.1, 0.15) is 12.1 Å². The average molecular weight is 448 g/mol. The quantitative estimate of drug-likeness (QED) is 0.175. The van der Waals surface area contributed by atoms with Gasteiger partial charge in [0.15, 0.2) is 0 Å². The summed E-state index contributed by atoms with van der Waals surface area (Å²) in [4.78, 5) is 59.1. The summed E-state index contributed by atoms with van der Waals surface area (Å²) in [6, 6.07) is -3.09. The van der Waals surface area contributed by atoms with Crippen LogP contribution in [0.3, 0.4) is 0 Å². The number of rotatable bonds is 15. The van der Waals surface area contributed by atoms with Gasteiger partial charge in [0.25, 0.3) is 0 Å². The van der Waals surface area contributed by atoms with Gasteiger partial charge in [-0.3, -0.25) is 19.2 Å². The van der Waals surface area contributed by atoms with Crippen LogP contribution in [0, 0.1) is 5.92 Å². The zero-order valence-electron chi connectivity index (χ0n) is 17.6. The summed E-state index contributed by atoms with van der Waals surface area (Å²) in [6.07, 6.45) is 2.39. The number of hydrogen-bond acceptors (Lipinski definition) is 7. The molecule has 0 aliphatic rings. The van der Waals surface area contributed by atoms with E-state index in [0.29, 0.717) is 12.2 Å². The first-order chi connectivity index (χ1) is 14.0. The van der Waals surface area contributed by atoms with E-state index in [0.717, 1.165) is 0 Å². The van der Waals surface area contributed by atoms with Crippen molar-refractivity contribution >= 4 is 41.4 Å². The van der Waals surface area contributed by atoms with Crippen molar-refractivity contribution in [3.05, 3.63) is 0 Å². The topological polar surface area (TPSA) is 194 Å². The summed E-state index contributed by atoms with van der Waals surface area (Å²) < 4.78 is 0. The predicted octanol–water partition coefficient (Wildman–Crippen LogP) is -1.45. The molecule has 0 aromatic carbocycles. The summed E-state index contributed by atoms with van der Waals surface area (Å²) in [5, 5.41) is 16.4. The third kappa shape index (κ3) is 11.0. The van der Waals surface area contributed by atoms with Gasteiger partial charge in [-0.05, 0) is 30.8 Å². The minimum Gasteiger partial charge on any atom is -0.480 e. The molecule has 0 saturated heterocycles. The van der Waals surface area contributed by atoms with Gasteiger partial charge in [-0.1, -0.05) is 20.3 Å². The zero-order chi connectivity index (χ0) is 23.3. The van der Waals surface area contributed by atoms with Gasteiger partial charge in [0.05, 0.1) is 12.6 Å². The predicted molar refractivity (Wildman–Crippen MR) is 113 cm³/mol. The van der Waals surface area contributed by atoms with E-state index < -0.39 is 54.3 Å². The Morgan fingerprint density at radius 3 is 2.17 bits per heavy atom. The van der Waals surface area contributed by atoms with E-state index in [-0.39, 0.29) is 25.2 Å². The van der Waals surface area contributed by atoms with Crippen LogP contribution in [0.25, 0.3) is 0 Å². The molecule has 4 atom stereocenters. The first-order valence-corrected chi connectivity index (χ1v) is 11.1. The van der Waals surface area contributed by atoms with Crippen molar-refractivity contribution in [2.45, 2.75) is 57.7 Å². The molecule has 0 bridgehead atoms. The first-order valence-electron chi connectivity index (χ1n) is 9.66. The minimum atomic E-state index is -1.20. The van der Waals surface area contributed by atoms with Crippen molar-refractivity contribution in [2.75, 3.05) is 18.6 Å². The fourth-order valence-electron chi connectivity index (χ4n) is 2.36. The van der Waals surface area contributed by atoms with E-state index in [2.05, 4.69) is 16.0 Å². The zero-order valence-corrected chi connectivity index (χ0v) is 18.4. The molecule has 0 fully saturated rings. The normalized spacial score (nSPS) is 14.7. The minimum absolute atomic E-state index is 0.0728. The average Bonchev–Trinajstić information content (AvgIpc) is 2.70. The Labute approximate surface area is 180 Å². The highest BCUT2D eigenvalue weighted by molar-refractivity contribution is 7.98. The summed E-state index contributed by atoms with van der Waals surface area (Å²) in [5.74, 6) is -3.37. The maximum atomic E-state index is 12.5. The van der Waals surface area contributed by atoms with Crippen molar-refractivity contribution in [3.8, 4) is 0 Å². The van der Waals surface area contributed by atoms with Crippen molar-refractivity contribution < 1.29 is 29.1 Å². The maximum Gasteiger partial charge on any atom is 0.326 e. The van der Waals surface area contributed by atoms with Gasteiger partial charge in [0, 0.05) is 6.42 Å². The molecule has 0 spiro atoms. The number of primary amides is 1. The van der Waals surface area contributed by atoms with Gasteiger partial charge in [0.2, 0.25) is 23.6 Å². The van der Waals surface area contributed by atoms with Gasteiger partial charge in [-0.2, -0.15) is 11.8 Å². The number of carbonyl (C=O) groups is 5. The number of amides is 4. The fourth-order valence-corrected chi connectivity index (χ4v) is 2.84. The largest absolute Gasteiger partial charge is 0.480 e. The lowest BCUT2D eigenvalue weighted by Crippen LogP contribution is -2.54. The summed E-state index contributed by atoms with van der Waals surface area (Å²) >= 11 is 1.43. The molecule has 11 nitrogen and oxygen atoms in total. The van der Waals surface area contributed by atoms with Gasteiger partial charge in [-0.25, -0.2) is 4.79 Å². The van der Waals surface area contributed by atoms with Crippen LogP contribution in [-0.2, 0) is 24.0 Å². The molecular formula is C18H33N5O6S. The number of nitrogens with two attached hydrogens (primary N) is 2. The number of aliphatic carboxylic acids is 1. The van der Waals surface area contributed by atoms with Gasteiger partial charge in [-0.15, -0.1) is 0 Å². The van der Waals surface area contributed by atoms with Gasteiger partial charge < -0.3 is 32.5 Å². The first kappa shape index (κ1) is 27.7. The van der Waals surface area contributed by atoms with Crippen LogP contribution in [0.1, 0.15) is 39.5 Å². The highest BCUT2D eigenvalue weighted by Gasteiger charge is 2.27. The molecule has 8 N–H and O–H groups in total. The van der Waals surface area contributed by atoms with E-state index >= 15 is 0 Å². The molecule has 0 aromatic heterocycles. The standard InChI is InChI=1S/C18H33N5O6S/c1-4-10(2)15(20)17(27)21-9-14(25)22-11(5-6-13(19)24)16(26)23-12(18(28)29)7-8-30-3/h10-12,15H,4-9,20H2,1-3H3,(H2,19,24)(H,21,27)(H,22,25)(H,23,26)(H,28,29). The highest BCUT2D eigenvalue weighted by Crippen LogP contribution is 2.05. The monoisotopic (exact) mass is 447 g/mol. The number of carboxylic acids is 1. The van der Waals surface area contributed by atoms with Crippen molar-refractivity contribution in [3.63, 3.8) is 0 Å². The second kappa shape index (κ2) is 14.6. The Balaban J connectivity index is 4.96. The molecule has 0 radical (unpaired) electrons. The molecule has 4 amide bonds. The maximum absolute atomic E-state index is 12.5. The Kier molecular flexibility index (Phi) is 13.5. The third-order valence-electron chi connectivity index (χ3n) is 4.54. The Hall–Kier alpha value is -2.34. The third-order valence-corrected chi connectivity index (χ3v) is 5.18. The Bertz CT molecular complexity index is 618. The van der Waals surface area contributed by atoms with Crippen molar-refractivity contribution in [1.82, 2.24) is 16.0 Å². The van der Waals surface area contributed by atoms with Crippen LogP contribution >= 0.6 is 11.8 Å². The van der Waals surface area contributed by atoms with Crippen molar-refractivity contribution in [1.29, 1.82) is 0 Å². The molecule has 30 heavy (non-hydrogen) atoms. The lowest BCUT2D eigenvalue weighted by molar-refractivity contribution is -0.142. The summed E-state index contributed by atoms with van der Waals surface area (Å²) in [7, 11) is 0. The van der Waals surface area contributed by atoms with Crippen LogP contribution < -0.4 is 27.4 Å². The second-order valence-corrected chi connectivity index (χ2v) is 7.92. The molecule has 4 unspecified atom stereocenters. The Morgan fingerprint density at radius 2 is 1.67 bits per heavy atom. The van der Waals surface area contributed by atoms with Crippen LogP contribution in [0.5, 0.6) is 0 Å². The number of carbonyl (C=O) groups excluding carboxylic acids is 4. The van der Waals surface area contributed by atoms with Crippen LogP contribution in [0.15, 0.2) is 0 Å². The number of carboxylic acid groups (broad SMARTS) is 1. The van der Waals surface area contributed by atoms with E-state index in [1.54, 1.807) is 6.26 Å². The van der Waals surface area contributed by atoms with Gasteiger partial charge >= 0.3 is 5.97 Å². The van der Waals surface area contributed by atoms with E-state index in [4.69, 9.17) is 11.5 Å². The molecule has 0 heterocycles. The molecule has 12 heteroatoms. The lowest BCUT2D eigenvalue weighted by Gasteiger charge is -2.22. The number of thioether (sulfide) groups is 1. The van der Waals surface area contributed by atoms with E-state index in [1.165, 1.54) is 11.8 Å². The summed E-state index contributed by atoms with van der Waals surface area (Å²) in [6.45, 7) is 3.28. The fraction of sp³-hybridized carbons (Fsp3) is 0.722. The molecule has 0 aliphatic heterocycles. The Morgan fingerprint density at radius 1 is 1.03 bits per heavy atom. The molecule has 0 rings (SSSR count). The smallest absolute Gasteiger partial charge is 0.326 e. The molecule has 0 saturated carbocycles. The number of hydrogen-bond donors (Lipinski definition) is 6. The van der Waals surface area contributed by atoms with Crippen LogP contribution in [-0.4, -0.2) is 71.4 Å². The molecule has 0 aliphatic carbocycles. The molecule has 172 valence electrons. The lowest BCUT2D eigenvalue weighted by atomic mass is 9.99. The van der Waals surface area contributed by atoms with Crippen molar-refractivity contribution in [2.24, 2.45) is 17.4 Å². The van der Waals surface area contributed by atoms with Crippen LogP contribution in [0.4, 0.5) is 0 Å². The molecule has 0 aromatic rings. The highest BCUT2D eigenvalue weighted by atomic mass is 32.2. The number of nitrogens with one attached hydrogen (secondary N) is 3.